The Morgan fingerprint density at radius 2 is 1.47 bits per heavy atom. The molecule has 0 aromatic heterocycles. The summed E-state index contributed by atoms with van der Waals surface area (Å²) in [5.74, 6) is 0.659. The van der Waals surface area contributed by atoms with E-state index in [1.807, 2.05) is 6.07 Å². The van der Waals surface area contributed by atoms with E-state index < -0.39 is 0 Å². The first kappa shape index (κ1) is 14.2. The van der Waals surface area contributed by atoms with E-state index in [1.54, 1.807) is 0 Å². The van der Waals surface area contributed by atoms with E-state index in [1.165, 1.54) is 5.56 Å². The van der Waals surface area contributed by atoms with Gasteiger partial charge in [-0.25, -0.2) is 0 Å². The molecule has 0 radical (unpaired) electrons. The van der Waals surface area contributed by atoms with Crippen LogP contribution in [0.2, 0.25) is 0 Å². The molecule has 0 fully saturated rings. The number of allylic oxidation sites excluding steroid dienone is 4. The van der Waals surface area contributed by atoms with Crippen molar-refractivity contribution >= 4 is 0 Å². The fourth-order valence-corrected chi connectivity index (χ4v) is 1.23. The predicted molar refractivity (Wildman–Crippen MR) is 63.4 cm³/mol. The summed E-state index contributed by atoms with van der Waals surface area (Å²) in [4.78, 5) is 0. The van der Waals surface area contributed by atoms with Crippen molar-refractivity contribution in [2.24, 2.45) is 0 Å². The van der Waals surface area contributed by atoms with Crippen LogP contribution in [0.25, 0.3) is 0 Å². The SMILES string of the molecule is C1=CCC=C1.CC(C)c1ccccc1.[Fe]. The molecule has 0 atom stereocenters. The van der Waals surface area contributed by atoms with Crippen LogP contribution in [0.1, 0.15) is 31.7 Å². The standard InChI is InChI=1S/C9H12.C5H6.Fe/c1-8(2)9-6-4-3-5-7-9;1-2-4-5-3-1;/h3-8H,1-2H3;1-4H,5H2;. The molecule has 0 nitrogen and oxygen atoms in total. The van der Waals surface area contributed by atoms with Crippen LogP contribution >= 0.6 is 0 Å². The first-order valence-electron chi connectivity index (χ1n) is 5.17. The molecule has 1 aromatic carbocycles. The fourth-order valence-electron chi connectivity index (χ4n) is 1.23. The molecule has 0 aliphatic heterocycles. The van der Waals surface area contributed by atoms with Crippen LogP contribution in [0, 0.1) is 0 Å². The van der Waals surface area contributed by atoms with E-state index in [9.17, 15) is 0 Å². The van der Waals surface area contributed by atoms with Crippen molar-refractivity contribution in [3.8, 4) is 0 Å². The van der Waals surface area contributed by atoms with Gasteiger partial charge in [-0.3, -0.25) is 0 Å². The summed E-state index contributed by atoms with van der Waals surface area (Å²) in [6.45, 7) is 4.41. The van der Waals surface area contributed by atoms with Crippen molar-refractivity contribution in [1.29, 1.82) is 0 Å². The number of rotatable bonds is 1. The zero-order valence-corrected chi connectivity index (χ0v) is 10.4. The molecule has 0 saturated carbocycles. The minimum atomic E-state index is 0. The van der Waals surface area contributed by atoms with Crippen LogP contribution in [0.4, 0.5) is 0 Å². The molecule has 0 N–H and O–H groups in total. The average Bonchev–Trinajstić information content (AvgIpc) is 2.77. The Bertz CT molecular complexity index is 286. The summed E-state index contributed by atoms with van der Waals surface area (Å²) in [5, 5.41) is 0. The molecule has 2 rings (SSSR count). The smallest absolute Gasteiger partial charge is 0 e. The summed E-state index contributed by atoms with van der Waals surface area (Å²) in [7, 11) is 0. The quantitative estimate of drug-likeness (QED) is 0.643. The van der Waals surface area contributed by atoms with Crippen LogP contribution in [0.15, 0.2) is 54.6 Å². The van der Waals surface area contributed by atoms with Crippen molar-refractivity contribution in [2.75, 3.05) is 0 Å². The molecule has 82 valence electrons. The van der Waals surface area contributed by atoms with Gasteiger partial charge in [-0.2, -0.15) is 0 Å². The average molecular weight is 242 g/mol. The first-order valence-corrected chi connectivity index (χ1v) is 5.17. The molecule has 0 spiro atoms. The monoisotopic (exact) mass is 242 g/mol. The summed E-state index contributed by atoms with van der Waals surface area (Å²) in [6.07, 6.45) is 9.50. The van der Waals surface area contributed by atoms with Gasteiger partial charge in [0.25, 0.3) is 0 Å². The minimum absolute atomic E-state index is 0. The van der Waals surface area contributed by atoms with Gasteiger partial charge in [0.15, 0.2) is 0 Å². The molecule has 1 aromatic rings. The molecule has 0 amide bonds. The molecule has 0 saturated heterocycles. The van der Waals surface area contributed by atoms with Crippen LogP contribution in [-0.2, 0) is 17.1 Å². The third-order valence-electron chi connectivity index (χ3n) is 2.12. The third-order valence-corrected chi connectivity index (χ3v) is 2.12. The minimum Gasteiger partial charge on any atom is -0.0808 e. The molecule has 1 heteroatoms. The molecule has 0 unspecified atom stereocenters. The second kappa shape index (κ2) is 8.52. The maximum Gasteiger partial charge on any atom is 0 e. The molecular weight excluding hydrogens is 224 g/mol. The second-order valence-electron chi connectivity index (χ2n) is 3.66. The Labute approximate surface area is 104 Å². The van der Waals surface area contributed by atoms with Gasteiger partial charge < -0.3 is 0 Å². The Morgan fingerprint density at radius 1 is 0.933 bits per heavy atom. The van der Waals surface area contributed by atoms with Crippen molar-refractivity contribution < 1.29 is 17.1 Å². The zero-order chi connectivity index (χ0) is 10.2. The van der Waals surface area contributed by atoms with Crippen LogP contribution in [-0.4, -0.2) is 0 Å². The van der Waals surface area contributed by atoms with E-state index >= 15 is 0 Å². The van der Waals surface area contributed by atoms with Crippen molar-refractivity contribution in [3.05, 3.63) is 60.2 Å². The van der Waals surface area contributed by atoms with E-state index in [-0.39, 0.29) is 17.1 Å². The molecule has 1 aliphatic rings. The molecular formula is C14H18Fe. The van der Waals surface area contributed by atoms with Gasteiger partial charge >= 0.3 is 0 Å². The summed E-state index contributed by atoms with van der Waals surface area (Å²) >= 11 is 0. The van der Waals surface area contributed by atoms with E-state index in [0.29, 0.717) is 5.92 Å². The molecule has 0 heterocycles. The third kappa shape index (κ3) is 6.33. The van der Waals surface area contributed by atoms with Gasteiger partial charge in [0.2, 0.25) is 0 Å². The fraction of sp³-hybridized carbons (Fsp3) is 0.286. The van der Waals surface area contributed by atoms with Gasteiger partial charge in [-0.1, -0.05) is 68.5 Å². The summed E-state index contributed by atoms with van der Waals surface area (Å²) in [6, 6.07) is 10.5. The normalized spacial score (nSPS) is 11.9. The van der Waals surface area contributed by atoms with Gasteiger partial charge in [0.05, 0.1) is 0 Å². The van der Waals surface area contributed by atoms with Gasteiger partial charge in [0, 0.05) is 17.1 Å². The molecule has 1 aliphatic carbocycles. The van der Waals surface area contributed by atoms with E-state index in [2.05, 4.69) is 62.4 Å². The van der Waals surface area contributed by atoms with Crippen molar-refractivity contribution in [1.82, 2.24) is 0 Å². The Balaban J connectivity index is 0.000000280. The summed E-state index contributed by atoms with van der Waals surface area (Å²) in [5.41, 5.74) is 1.41. The Morgan fingerprint density at radius 3 is 1.73 bits per heavy atom. The van der Waals surface area contributed by atoms with E-state index in [4.69, 9.17) is 0 Å². The van der Waals surface area contributed by atoms with Crippen molar-refractivity contribution in [2.45, 2.75) is 26.2 Å². The number of benzene rings is 1. The number of hydrogen-bond acceptors (Lipinski definition) is 0. The number of hydrogen-bond donors (Lipinski definition) is 0. The predicted octanol–water partition coefficient (Wildman–Crippen LogP) is 4.31. The van der Waals surface area contributed by atoms with Gasteiger partial charge in [-0.05, 0) is 17.9 Å². The first-order chi connectivity index (χ1) is 6.80. The second-order valence-corrected chi connectivity index (χ2v) is 3.66. The van der Waals surface area contributed by atoms with Crippen molar-refractivity contribution in [3.63, 3.8) is 0 Å². The van der Waals surface area contributed by atoms with E-state index in [0.717, 1.165) is 6.42 Å². The molecule has 15 heavy (non-hydrogen) atoms. The zero-order valence-electron chi connectivity index (χ0n) is 9.33. The van der Waals surface area contributed by atoms with Crippen LogP contribution in [0.3, 0.4) is 0 Å². The largest absolute Gasteiger partial charge is 0.0808 e. The summed E-state index contributed by atoms with van der Waals surface area (Å²) < 4.78 is 0. The van der Waals surface area contributed by atoms with Crippen LogP contribution < -0.4 is 0 Å². The van der Waals surface area contributed by atoms with Gasteiger partial charge in [-0.15, -0.1) is 0 Å². The maximum absolute atomic E-state index is 2.20. The molecule has 0 bridgehead atoms. The topological polar surface area (TPSA) is 0 Å². The van der Waals surface area contributed by atoms with Gasteiger partial charge in [0.1, 0.15) is 0 Å². The maximum atomic E-state index is 2.20. The Kier molecular flexibility index (Phi) is 8.08. The van der Waals surface area contributed by atoms with Crippen LogP contribution in [0.5, 0.6) is 0 Å². The Hall–Kier alpha value is -0.781.